The molecule has 1 aromatic carbocycles. The molecule has 32 heavy (non-hydrogen) atoms. The minimum absolute atomic E-state index is 0.0780. The lowest BCUT2D eigenvalue weighted by Crippen LogP contribution is -2.44. The van der Waals surface area contributed by atoms with Gasteiger partial charge in [0.05, 0.1) is 22.3 Å². The molecule has 1 atom stereocenters. The zero-order valence-electron chi connectivity index (χ0n) is 19.4. The molecule has 1 saturated heterocycles. The SMILES string of the molecule is CC1CCN(C(=O)[C@@H](C)OC(=O)CCc2nc3cc(S(=O)(=O)N(C)C)ccc3n2C)CC1. The summed E-state index contributed by atoms with van der Waals surface area (Å²) in [5.41, 5.74) is 1.32. The smallest absolute Gasteiger partial charge is 0.307 e. The van der Waals surface area contributed by atoms with Crippen LogP contribution in [0.25, 0.3) is 11.0 Å². The molecular weight excluding hydrogens is 432 g/mol. The number of nitrogens with zero attached hydrogens (tertiary/aromatic N) is 4. The number of amides is 1. The van der Waals surface area contributed by atoms with Crippen LogP contribution in [-0.4, -0.2) is 72.3 Å². The van der Waals surface area contributed by atoms with Crippen LogP contribution < -0.4 is 0 Å². The number of carbonyl (C=O) groups excluding carboxylic acids is 2. The third-order valence-corrected chi connectivity index (χ3v) is 7.84. The number of ether oxygens (including phenoxy) is 1. The summed E-state index contributed by atoms with van der Waals surface area (Å²) in [6, 6.07) is 4.79. The predicted molar refractivity (Wildman–Crippen MR) is 120 cm³/mol. The van der Waals surface area contributed by atoms with E-state index in [0.29, 0.717) is 36.8 Å². The van der Waals surface area contributed by atoms with E-state index in [-0.39, 0.29) is 17.2 Å². The normalized spacial score (nSPS) is 16.5. The van der Waals surface area contributed by atoms with Gasteiger partial charge in [-0.15, -0.1) is 0 Å². The minimum atomic E-state index is -3.56. The second-order valence-corrected chi connectivity index (χ2v) is 10.8. The van der Waals surface area contributed by atoms with Gasteiger partial charge in [-0.3, -0.25) is 9.59 Å². The van der Waals surface area contributed by atoms with Crippen molar-refractivity contribution in [3.63, 3.8) is 0 Å². The molecule has 1 aromatic heterocycles. The summed E-state index contributed by atoms with van der Waals surface area (Å²) >= 11 is 0. The summed E-state index contributed by atoms with van der Waals surface area (Å²) in [5.74, 6) is 0.645. The number of piperidine rings is 1. The second-order valence-electron chi connectivity index (χ2n) is 8.66. The molecule has 0 N–H and O–H groups in total. The van der Waals surface area contributed by atoms with Gasteiger partial charge < -0.3 is 14.2 Å². The Morgan fingerprint density at radius 1 is 1.25 bits per heavy atom. The van der Waals surface area contributed by atoms with Crippen molar-refractivity contribution in [2.24, 2.45) is 13.0 Å². The standard InChI is InChI=1S/C22H32N4O5S/c1-15-10-12-26(13-11-15)22(28)16(2)31-21(27)9-8-20-23-18-14-17(32(29,30)24(3)4)6-7-19(18)25(20)5/h6-7,14-16H,8-13H2,1-5H3/t16-/m1/s1. The van der Waals surface area contributed by atoms with Gasteiger partial charge in [-0.25, -0.2) is 17.7 Å². The topological polar surface area (TPSA) is 102 Å². The first-order chi connectivity index (χ1) is 15.0. The van der Waals surface area contributed by atoms with Crippen molar-refractivity contribution in [1.82, 2.24) is 18.8 Å². The number of likely N-dealkylation sites (tertiary alicyclic amines) is 1. The minimum Gasteiger partial charge on any atom is -0.453 e. The van der Waals surface area contributed by atoms with Gasteiger partial charge in [-0.1, -0.05) is 6.92 Å². The maximum atomic E-state index is 12.5. The van der Waals surface area contributed by atoms with E-state index in [0.717, 1.165) is 22.7 Å². The second kappa shape index (κ2) is 9.58. The van der Waals surface area contributed by atoms with Crippen LogP contribution >= 0.6 is 0 Å². The number of aromatic nitrogens is 2. The monoisotopic (exact) mass is 464 g/mol. The van der Waals surface area contributed by atoms with E-state index in [1.165, 1.54) is 20.2 Å². The van der Waals surface area contributed by atoms with E-state index in [4.69, 9.17) is 4.74 Å². The van der Waals surface area contributed by atoms with Crippen LogP contribution in [0.15, 0.2) is 23.1 Å². The summed E-state index contributed by atoms with van der Waals surface area (Å²) < 4.78 is 33.1. The Balaban J connectivity index is 1.62. The van der Waals surface area contributed by atoms with Gasteiger partial charge in [0.25, 0.3) is 5.91 Å². The fraction of sp³-hybridized carbons (Fsp3) is 0.591. The van der Waals surface area contributed by atoms with Crippen molar-refractivity contribution in [3.05, 3.63) is 24.0 Å². The number of esters is 1. The van der Waals surface area contributed by atoms with Crippen LogP contribution in [0.1, 0.15) is 38.9 Å². The number of hydrogen-bond donors (Lipinski definition) is 0. The van der Waals surface area contributed by atoms with E-state index in [1.54, 1.807) is 24.0 Å². The first-order valence-electron chi connectivity index (χ1n) is 10.9. The quantitative estimate of drug-likeness (QED) is 0.581. The molecule has 1 aliphatic rings. The molecule has 0 aliphatic carbocycles. The Kier molecular flexibility index (Phi) is 7.24. The highest BCUT2D eigenvalue weighted by Gasteiger charge is 2.27. The first-order valence-corrected chi connectivity index (χ1v) is 12.3. The molecule has 0 bridgehead atoms. The summed E-state index contributed by atoms with van der Waals surface area (Å²) in [7, 11) is 1.22. The molecule has 0 spiro atoms. The number of aryl methyl sites for hydroxylation is 2. The molecule has 9 nitrogen and oxygen atoms in total. The lowest BCUT2D eigenvalue weighted by Gasteiger charge is -2.31. The maximum absolute atomic E-state index is 12.5. The Bertz CT molecular complexity index is 1100. The molecule has 0 unspecified atom stereocenters. The summed E-state index contributed by atoms with van der Waals surface area (Å²) in [6.07, 6.45) is 1.53. The number of sulfonamides is 1. The molecule has 0 radical (unpaired) electrons. The molecule has 1 fully saturated rings. The Morgan fingerprint density at radius 2 is 1.91 bits per heavy atom. The highest BCUT2D eigenvalue weighted by Crippen LogP contribution is 2.22. The molecule has 1 aliphatic heterocycles. The van der Waals surface area contributed by atoms with Gasteiger partial charge in [0.15, 0.2) is 6.10 Å². The summed E-state index contributed by atoms with van der Waals surface area (Å²) in [5, 5.41) is 0. The zero-order valence-corrected chi connectivity index (χ0v) is 20.2. The van der Waals surface area contributed by atoms with E-state index in [9.17, 15) is 18.0 Å². The van der Waals surface area contributed by atoms with Gasteiger partial charge in [0, 0.05) is 40.7 Å². The van der Waals surface area contributed by atoms with E-state index < -0.39 is 22.1 Å². The number of hydrogen-bond acceptors (Lipinski definition) is 6. The maximum Gasteiger partial charge on any atom is 0.307 e. The van der Waals surface area contributed by atoms with Crippen LogP contribution in [-0.2, 0) is 37.8 Å². The molecular formula is C22H32N4O5S. The molecule has 2 aromatic rings. The Hall–Kier alpha value is -2.46. The number of imidazole rings is 1. The van der Waals surface area contributed by atoms with Crippen molar-refractivity contribution in [3.8, 4) is 0 Å². The number of carbonyl (C=O) groups is 2. The molecule has 176 valence electrons. The number of benzene rings is 1. The van der Waals surface area contributed by atoms with Crippen LogP contribution in [0.4, 0.5) is 0 Å². The largest absolute Gasteiger partial charge is 0.453 e. The zero-order chi connectivity index (χ0) is 23.6. The lowest BCUT2D eigenvalue weighted by atomic mass is 9.99. The van der Waals surface area contributed by atoms with Gasteiger partial charge in [0.2, 0.25) is 10.0 Å². The molecule has 10 heteroatoms. The lowest BCUT2D eigenvalue weighted by molar-refractivity contribution is -0.159. The van der Waals surface area contributed by atoms with Crippen molar-refractivity contribution in [1.29, 1.82) is 0 Å². The molecule has 3 rings (SSSR count). The Labute approximate surface area is 189 Å². The van der Waals surface area contributed by atoms with Crippen molar-refractivity contribution in [2.45, 2.75) is 50.5 Å². The van der Waals surface area contributed by atoms with E-state index >= 15 is 0 Å². The van der Waals surface area contributed by atoms with Crippen molar-refractivity contribution in [2.75, 3.05) is 27.2 Å². The van der Waals surface area contributed by atoms with Crippen LogP contribution in [0.5, 0.6) is 0 Å². The summed E-state index contributed by atoms with van der Waals surface area (Å²) in [6.45, 7) is 5.19. The van der Waals surface area contributed by atoms with E-state index in [1.807, 2.05) is 11.6 Å². The highest BCUT2D eigenvalue weighted by molar-refractivity contribution is 7.89. The third-order valence-electron chi connectivity index (χ3n) is 6.03. The van der Waals surface area contributed by atoms with Gasteiger partial charge in [-0.2, -0.15) is 0 Å². The number of rotatable bonds is 7. The molecule has 0 saturated carbocycles. The average Bonchev–Trinajstić information content (AvgIpc) is 3.07. The van der Waals surface area contributed by atoms with Crippen molar-refractivity contribution < 1.29 is 22.7 Å². The van der Waals surface area contributed by atoms with Crippen LogP contribution in [0.3, 0.4) is 0 Å². The predicted octanol–water partition coefficient (Wildman–Crippen LogP) is 1.95. The highest BCUT2D eigenvalue weighted by atomic mass is 32.2. The average molecular weight is 465 g/mol. The van der Waals surface area contributed by atoms with Crippen LogP contribution in [0, 0.1) is 5.92 Å². The first kappa shape index (κ1) is 24.2. The molecule has 2 heterocycles. The third kappa shape index (κ3) is 5.12. The summed E-state index contributed by atoms with van der Waals surface area (Å²) in [4.78, 5) is 31.3. The number of fused-ring (bicyclic) bond motifs is 1. The molecule has 1 amide bonds. The van der Waals surface area contributed by atoms with Crippen LogP contribution in [0.2, 0.25) is 0 Å². The van der Waals surface area contributed by atoms with E-state index in [2.05, 4.69) is 11.9 Å². The fourth-order valence-electron chi connectivity index (χ4n) is 3.83. The van der Waals surface area contributed by atoms with Gasteiger partial charge >= 0.3 is 5.97 Å². The Morgan fingerprint density at radius 3 is 2.53 bits per heavy atom. The van der Waals surface area contributed by atoms with Crippen molar-refractivity contribution >= 4 is 32.9 Å². The van der Waals surface area contributed by atoms with Gasteiger partial charge in [-0.05, 0) is 43.9 Å². The fourth-order valence-corrected chi connectivity index (χ4v) is 4.75. The van der Waals surface area contributed by atoms with Gasteiger partial charge in [0.1, 0.15) is 5.82 Å².